The van der Waals surface area contributed by atoms with Gasteiger partial charge in [-0.1, -0.05) is 0 Å². The Morgan fingerprint density at radius 2 is 1.63 bits per heavy atom. The van der Waals surface area contributed by atoms with Crippen molar-refractivity contribution in [2.45, 2.75) is 0 Å². The maximum Gasteiger partial charge on any atom is 0.329 e. The van der Waals surface area contributed by atoms with Crippen LogP contribution in [-0.4, -0.2) is 22.2 Å². The third-order valence-corrected chi connectivity index (χ3v) is 8.08. The third kappa shape index (κ3) is 4.73. The predicted molar refractivity (Wildman–Crippen MR) is 122 cm³/mol. The minimum atomic E-state index is -1.18. The van der Waals surface area contributed by atoms with Gasteiger partial charge in [0.05, 0.1) is 16.3 Å². The molecule has 0 radical (unpaired) electrons. The van der Waals surface area contributed by atoms with E-state index >= 15 is 0 Å². The van der Waals surface area contributed by atoms with E-state index in [1.54, 1.807) is 30.3 Å². The molecule has 2 aromatic rings. The minimum Gasteiger partial charge on any atom is -0.478 e. The number of anilines is 1. The second kappa shape index (κ2) is 8.60. The molecule has 10 heteroatoms. The summed E-state index contributed by atoms with van der Waals surface area (Å²) in [5.74, 6) is -1.62. The number of aliphatic carboxylic acids is 1. The summed E-state index contributed by atoms with van der Waals surface area (Å²) in [4.78, 5) is 29.9. The molecule has 0 spiro atoms. The number of nitrogens with zero attached hydrogens (tertiary/aromatic N) is 2. The molecule has 1 aliphatic rings. The number of hydrogen-bond donors (Lipinski definition) is 1. The van der Waals surface area contributed by atoms with Gasteiger partial charge in [0.1, 0.15) is 0 Å². The van der Waals surface area contributed by atoms with Crippen LogP contribution in [0, 0.1) is 0 Å². The molecule has 0 aromatic heterocycles. The third-order valence-electron chi connectivity index (χ3n) is 3.35. The van der Waals surface area contributed by atoms with Gasteiger partial charge in [-0.3, -0.25) is 9.69 Å². The van der Waals surface area contributed by atoms with Crippen LogP contribution in [0.3, 0.4) is 0 Å². The van der Waals surface area contributed by atoms with Crippen molar-refractivity contribution in [3.8, 4) is 0 Å². The minimum absolute atomic E-state index is 0.0940. The zero-order chi connectivity index (χ0) is 19.7. The number of amides is 1. The smallest absolute Gasteiger partial charge is 0.329 e. The zero-order valence-electron chi connectivity index (χ0n) is 13.1. The van der Waals surface area contributed by atoms with Gasteiger partial charge >= 0.3 is 5.97 Å². The summed E-state index contributed by atoms with van der Waals surface area (Å²) in [6.45, 7) is 0. The van der Waals surface area contributed by atoms with Crippen LogP contribution >= 0.6 is 75.5 Å². The highest BCUT2D eigenvalue weighted by molar-refractivity contribution is 9.13. The molecule has 5 nitrogen and oxygen atoms in total. The largest absolute Gasteiger partial charge is 0.478 e. The van der Waals surface area contributed by atoms with Gasteiger partial charge in [0.25, 0.3) is 5.91 Å². The second-order valence-electron chi connectivity index (χ2n) is 5.18. The fourth-order valence-corrected chi connectivity index (χ4v) is 4.37. The van der Waals surface area contributed by atoms with Crippen molar-refractivity contribution in [2.24, 2.45) is 4.99 Å². The topological polar surface area (TPSA) is 70.0 Å². The van der Waals surface area contributed by atoms with Crippen molar-refractivity contribution in [3.05, 3.63) is 65.3 Å². The van der Waals surface area contributed by atoms with Crippen LogP contribution in [0.1, 0.15) is 0 Å². The second-order valence-corrected chi connectivity index (χ2v) is 9.61. The molecular weight excluding hydrogens is 632 g/mol. The van der Waals surface area contributed by atoms with Gasteiger partial charge in [-0.15, -0.1) is 0 Å². The number of amidine groups is 1. The van der Waals surface area contributed by atoms with E-state index in [0.717, 1.165) is 35.7 Å². The van der Waals surface area contributed by atoms with Crippen molar-refractivity contribution in [3.63, 3.8) is 0 Å². The van der Waals surface area contributed by atoms with Crippen molar-refractivity contribution >= 4 is 104 Å². The molecule has 1 fully saturated rings. The molecule has 1 saturated heterocycles. The number of halogens is 4. The number of aliphatic imine (C=N–C) groups is 1. The Hall–Kier alpha value is -0.940. The fourth-order valence-electron chi connectivity index (χ4n) is 2.18. The molecule has 27 heavy (non-hydrogen) atoms. The summed E-state index contributed by atoms with van der Waals surface area (Å²) < 4.78 is 3.29. The van der Waals surface area contributed by atoms with Gasteiger partial charge < -0.3 is 5.11 Å². The summed E-state index contributed by atoms with van der Waals surface area (Å²) in [6, 6.07) is 10.7. The van der Waals surface area contributed by atoms with Crippen molar-refractivity contribution in [2.75, 3.05) is 4.90 Å². The highest BCUT2D eigenvalue weighted by Crippen LogP contribution is 2.38. The van der Waals surface area contributed by atoms with E-state index < -0.39 is 11.9 Å². The van der Waals surface area contributed by atoms with Gasteiger partial charge in [-0.2, -0.15) is 0 Å². The Labute approximate surface area is 192 Å². The first-order chi connectivity index (χ1) is 12.8. The van der Waals surface area contributed by atoms with Gasteiger partial charge in [-0.25, -0.2) is 9.79 Å². The van der Waals surface area contributed by atoms with Gasteiger partial charge in [0, 0.05) is 24.0 Å². The number of carboxylic acids is 1. The van der Waals surface area contributed by atoms with Crippen molar-refractivity contribution < 1.29 is 14.7 Å². The monoisotopic (exact) mass is 636 g/mol. The van der Waals surface area contributed by atoms with Crippen LogP contribution in [0.2, 0.25) is 0 Å². The summed E-state index contributed by atoms with van der Waals surface area (Å²) >= 11 is 14.7. The van der Waals surface area contributed by atoms with Crippen molar-refractivity contribution in [1.29, 1.82) is 0 Å². The molecule has 1 aliphatic heterocycles. The number of thioether (sulfide) groups is 1. The lowest BCUT2D eigenvalue weighted by Crippen LogP contribution is -2.28. The highest BCUT2D eigenvalue weighted by Gasteiger charge is 2.35. The maximum atomic E-state index is 12.8. The van der Waals surface area contributed by atoms with Crippen LogP contribution < -0.4 is 4.90 Å². The first-order valence-corrected chi connectivity index (χ1v) is 11.2. The van der Waals surface area contributed by atoms with Gasteiger partial charge in [-0.05, 0) is 112 Å². The van der Waals surface area contributed by atoms with E-state index in [-0.39, 0.29) is 4.91 Å². The number of rotatable bonds is 3. The quantitative estimate of drug-likeness (QED) is 0.391. The molecule has 3 rings (SSSR count). The zero-order valence-corrected chi connectivity index (χ0v) is 20.3. The molecule has 0 aliphatic carbocycles. The van der Waals surface area contributed by atoms with E-state index in [9.17, 15) is 9.59 Å². The molecule has 2 aromatic carbocycles. The molecule has 0 unspecified atom stereocenters. The number of carboxylic acid groups (broad SMARTS) is 1. The fraction of sp³-hybridized carbons (Fsp3) is 0. The highest BCUT2D eigenvalue weighted by atomic mass is 79.9. The lowest BCUT2D eigenvalue weighted by molar-refractivity contribution is -0.131. The number of carbonyl (C=O) groups is 2. The lowest BCUT2D eigenvalue weighted by atomic mass is 10.3. The Bertz CT molecular complexity index is 1020. The number of hydrogen-bond acceptors (Lipinski definition) is 4. The SMILES string of the molecule is O=C(O)/C=C1\SC(=Nc2ccc(Br)c(Br)c2)N(c2ccc(Br)c(Br)c2)C1=O. The maximum absolute atomic E-state index is 12.8. The van der Waals surface area contributed by atoms with Crippen LogP contribution in [0.4, 0.5) is 11.4 Å². The molecule has 0 saturated carbocycles. The molecule has 0 bridgehead atoms. The summed E-state index contributed by atoms with van der Waals surface area (Å²) in [5.41, 5.74) is 1.20. The Kier molecular flexibility index (Phi) is 6.62. The standard InChI is InChI=1S/C17H8Br4N2O3S/c18-10-3-1-8(5-12(10)20)22-17-23(9-2-4-11(19)13(21)6-9)16(26)14(27-17)7-15(24)25/h1-7H,(H,24,25)/b14-7-,22-17?. The average molecular weight is 640 g/mol. The summed E-state index contributed by atoms with van der Waals surface area (Å²) in [7, 11) is 0. The van der Waals surface area contributed by atoms with Crippen molar-refractivity contribution in [1.82, 2.24) is 0 Å². The van der Waals surface area contributed by atoms with Gasteiger partial charge in [0.15, 0.2) is 5.17 Å². The first kappa shape index (κ1) is 20.8. The van der Waals surface area contributed by atoms with Gasteiger partial charge in [0.2, 0.25) is 0 Å². The van der Waals surface area contributed by atoms with Crippen LogP contribution in [0.5, 0.6) is 0 Å². The Morgan fingerprint density at radius 3 is 2.22 bits per heavy atom. The molecular formula is C17H8Br4N2O3S. The van der Waals surface area contributed by atoms with E-state index in [0.29, 0.717) is 16.5 Å². The van der Waals surface area contributed by atoms with E-state index in [2.05, 4.69) is 68.7 Å². The molecule has 1 amide bonds. The summed E-state index contributed by atoms with van der Waals surface area (Å²) in [6.07, 6.45) is 0.897. The van der Waals surface area contributed by atoms with E-state index in [1.165, 1.54) is 4.90 Å². The molecule has 1 heterocycles. The van der Waals surface area contributed by atoms with E-state index in [4.69, 9.17) is 5.11 Å². The average Bonchev–Trinajstić information content (AvgIpc) is 2.88. The first-order valence-electron chi connectivity index (χ1n) is 7.22. The Balaban J connectivity index is 2.11. The Morgan fingerprint density at radius 1 is 1.00 bits per heavy atom. The van der Waals surface area contributed by atoms with Crippen LogP contribution in [0.15, 0.2) is 70.3 Å². The molecule has 138 valence electrons. The van der Waals surface area contributed by atoms with Crippen LogP contribution in [0.25, 0.3) is 0 Å². The normalized spacial score (nSPS) is 17.2. The lowest BCUT2D eigenvalue weighted by Gasteiger charge is -2.16. The predicted octanol–water partition coefficient (Wildman–Crippen LogP) is 6.47. The molecule has 0 atom stereocenters. The van der Waals surface area contributed by atoms with Crippen LogP contribution in [-0.2, 0) is 9.59 Å². The van der Waals surface area contributed by atoms with E-state index in [1.807, 2.05) is 6.07 Å². The summed E-state index contributed by atoms with van der Waals surface area (Å²) in [5, 5.41) is 9.42. The molecule has 1 N–H and O–H groups in total. The number of carbonyl (C=O) groups excluding carboxylic acids is 1. The number of benzene rings is 2.